The van der Waals surface area contributed by atoms with E-state index in [2.05, 4.69) is 20.4 Å². The molecule has 3 aromatic heterocycles. The molecule has 0 aliphatic carbocycles. The summed E-state index contributed by atoms with van der Waals surface area (Å²) >= 11 is 0. The van der Waals surface area contributed by atoms with Crippen LogP contribution in [0.25, 0.3) is 22.5 Å². The summed E-state index contributed by atoms with van der Waals surface area (Å²) in [7, 11) is 0. The molecule has 34 heavy (non-hydrogen) atoms. The number of carbonyl (C=O) groups excluding carboxylic acids is 1. The minimum Gasteiger partial charge on any atom is -0.460 e. The number of aryl methyl sites for hydroxylation is 3. The Morgan fingerprint density at radius 3 is 2.56 bits per heavy atom. The van der Waals surface area contributed by atoms with E-state index in [1.807, 2.05) is 43.3 Å². The van der Waals surface area contributed by atoms with E-state index in [1.54, 1.807) is 35.1 Å². The summed E-state index contributed by atoms with van der Waals surface area (Å²) in [6.45, 7) is 2.46. The molecule has 0 bridgehead atoms. The molecule has 9 nitrogen and oxygen atoms in total. The van der Waals surface area contributed by atoms with Crippen LogP contribution in [0.15, 0.2) is 71.3 Å². The zero-order valence-corrected chi connectivity index (χ0v) is 18.5. The van der Waals surface area contributed by atoms with Crippen LogP contribution in [0.3, 0.4) is 0 Å². The third-order valence-electron chi connectivity index (χ3n) is 5.52. The maximum absolute atomic E-state index is 12.5. The van der Waals surface area contributed by atoms with Crippen molar-refractivity contribution in [2.75, 3.05) is 16.8 Å². The Hall–Kier alpha value is -4.66. The highest BCUT2D eigenvalue weighted by Gasteiger charge is 2.16. The number of para-hydroxylation sites is 2. The van der Waals surface area contributed by atoms with Gasteiger partial charge in [0.05, 0.1) is 23.0 Å². The van der Waals surface area contributed by atoms with Gasteiger partial charge in [0, 0.05) is 12.1 Å². The molecule has 5 rings (SSSR count). The van der Waals surface area contributed by atoms with Crippen molar-refractivity contribution in [2.24, 2.45) is 0 Å². The number of aromatic nitrogens is 4. The van der Waals surface area contributed by atoms with Crippen molar-refractivity contribution in [3.63, 3.8) is 0 Å². The van der Waals surface area contributed by atoms with Crippen LogP contribution in [0.4, 0.5) is 17.3 Å². The van der Waals surface area contributed by atoms with Gasteiger partial charge in [-0.05, 0) is 55.3 Å². The number of fused-ring (bicyclic) bond motifs is 1. The number of anilines is 3. The topological polar surface area (TPSA) is 138 Å². The van der Waals surface area contributed by atoms with Gasteiger partial charge in [-0.15, -0.1) is 0 Å². The standard InChI is InChI=1S/C25H23N7O2/c1-15-6-11-21(34-15)22-18-14-28-32(23(18)31-25(27)30-22)13-12-16-7-9-17(10-8-16)24(33)29-20-5-3-2-4-19(20)26/h2-11,14H,12-13,26H2,1H3,(H,29,33)(H2,27,30,31). The fourth-order valence-electron chi connectivity index (χ4n) is 3.75. The predicted molar refractivity (Wildman–Crippen MR) is 131 cm³/mol. The van der Waals surface area contributed by atoms with E-state index < -0.39 is 0 Å². The third-order valence-corrected chi connectivity index (χ3v) is 5.52. The van der Waals surface area contributed by atoms with E-state index in [9.17, 15) is 4.79 Å². The normalized spacial score (nSPS) is 11.1. The highest BCUT2D eigenvalue weighted by molar-refractivity contribution is 6.05. The SMILES string of the molecule is Cc1ccc(-c2nc(N)nc3c2cnn3CCc2ccc(C(=O)Nc3ccccc3N)cc2)o1. The minimum absolute atomic E-state index is 0.160. The first-order valence-corrected chi connectivity index (χ1v) is 10.8. The Kier molecular flexibility index (Phi) is 5.43. The van der Waals surface area contributed by atoms with Crippen LogP contribution in [0.1, 0.15) is 21.7 Å². The summed E-state index contributed by atoms with van der Waals surface area (Å²) in [5.41, 5.74) is 15.9. The molecule has 170 valence electrons. The van der Waals surface area contributed by atoms with Gasteiger partial charge < -0.3 is 21.2 Å². The number of rotatable bonds is 6. The van der Waals surface area contributed by atoms with Gasteiger partial charge in [-0.2, -0.15) is 10.1 Å². The van der Waals surface area contributed by atoms with E-state index >= 15 is 0 Å². The second kappa shape index (κ2) is 8.70. The van der Waals surface area contributed by atoms with Crippen molar-refractivity contribution in [3.8, 4) is 11.5 Å². The van der Waals surface area contributed by atoms with E-state index in [4.69, 9.17) is 15.9 Å². The van der Waals surface area contributed by atoms with Crippen molar-refractivity contribution in [2.45, 2.75) is 19.9 Å². The lowest BCUT2D eigenvalue weighted by atomic mass is 10.1. The minimum atomic E-state index is -0.213. The van der Waals surface area contributed by atoms with Gasteiger partial charge >= 0.3 is 0 Å². The van der Waals surface area contributed by atoms with E-state index in [0.717, 1.165) is 16.7 Å². The van der Waals surface area contributed by atoms with E-state index in [-0.39, 0.29) is 11.9 Å². The number of nitrogens with two attached hydrogens (primary N) is 2. The molecule has 0 saturated carbocycles. The average Bonchev–Trinajstić information content (AvgIpc) is 3.45. The van der Waals surface area contributed by atoms with Gasteiger partial charge in [0.2, 0.25) is 5.95 Å². The van der Waals surface area contributed by atoms with Crippen LogP contribution < -0.4 is 16.8 Å². The Morgan fingerprint density at radius 1 is 1.03 bits per heavy atom. The quantitative estimate of drug-likeness (QED) is 0.330. The van der Waals surface area contributed by atoms with Crippen molar-refractivity contribution in [1.29, 1.82) is 0 Å². The number of amides is 1. The summed E-state index contributed by atoms with van der Waals surface area (Å²) in [6.07, 6.45) is 2.42. The highest BCUT2D eigenvalue weighted by Crippen LogP contribution is 2.28. The van der Waals surface area contributed by atoms with Gasteiger partial charge in [0.15, 0.2) is 11.4 Å². The van der Waals surface area contributed by atoms with Crippen LogP contribution >= 0.6 is 0 Å². The molecule has 0 aliphatic heterocycles. The molecule has 0 unspecified atom stereocenters. The summed E-state index contributed by atoms with van der Waals surface area (Å²) in [4.78, 5) is 21.3. The molecule has 1 amide bonds. The van der Waals surface area contributed by atoms with Crippen LogP contribution in [-0.4, -0.2) is 25.7 Å². The average molecular weight is 454 g/mol. The van der Waals surface area contributed by atoms with Crippen LogP contribution in [0.5, 0.6) is 0 Å². The molecule has 0 aliphatic rings. The Balaban J connectivity index is 1.31. The number of nitrogens with zero attached hydrogens (tertiary/aromatic N) is 4. The van der Waals surface area contributed by atoms with Crippen molar-refractivity contribution < 1.29 is 9.21 Å². The number of furan rings is 1. The summed E-state index contributed by atoms with van der Waals surface area (Å²) < 4.78 is 7.52. The molecule has 5 aromatic rings. The molecule has 0 radical (unpaired) electrons. The molecule has 2 aromatic carbocycles. The van der Waals surface area contributed by atoms with Gasteiger partial charge in [-0.25, -0.2) is 9.67 Å². The molecule has 3 heterocycles. The summed E-state index contributed by atoms with van der Waals surface area (Å²) in [5.74, 6) is 1.36. The molecule has 5 N–H and O–H groups in total. The maximum atomic E-state index is 12.5. The number of hydrogen-bond donors (Lipinski definition) is 3. The lowest BCUT2D eigenvalue weighted by Gasteiger charge is -2.09. The molecular weight excluding hydrogens is 430 g/mol. The van der Waals surface area contributed by atoms with Gasteiger partial charge in [0.1, 0.15) is 11.5 Å². The van der Waals surface area contributed by atoms with E-state index in [0.29, 0.717) is 47.0 Å². The first-order chi connectivity index (χ1) is 16.5. The lowest BCUT2D eigenvalue weighted by Crippen LogP contribution is -2.13. The fourth-order valence-corrected chi connectivity index (χ4v) is 3.75. The maximum Gasteiger partial charge on any atom is 0.255 e. The van der Waals surface area contributed by atoms with Crippen molar-refractivity contribution in [1.82, 2.24) is 19.7 Å². The number of hydrogen-bond acceptors (Lipinski definition) is 7. The highest BCUT2D eigenvalue weighted by atomic mass is 16.3. The van der Waals surface area contributed by atoms with Gasteiger partial charge in [-0.1, -0.05) is 24.3 Å². The molecule has 0 spiro atoms. The van der Waals surface area contributed by atoms with Gasteiger partial charge in [0.25, 0.3) is 5.91 Å². The number of nitrogen functional groups attached to an aromatic ring is 2. The van der Waals surface area contributed by atoms with Crippen LogP contribution in [0, 0.1) is 6.92 Å². The fraction of sp³-hybridized carbons (Fsp3) is 0.120. The Bertz CT molecular complexity index is 1490. The number of benzene rings is 2. The molecule has 0 saturated heterocycles. The van der Waals surface area contributed by atoms with Crippen molar-refractivity contribution in [3.05, 3.63) is 83.7 Å². The lowest BCUT2D eigenvalue weighted by molar-refractivity contribution is 0.102. The largest absolute Gasteiger partial charge is 0.460 e. The third kappa shape index (κ3) is 4.18. The zero-order chi connectivity index (χ0) is 23.7. The Morgan fingerprint density at radius 2 is 1.82 bits per heavy atom. The molecule has 0 atom stereocenters. The van der Waals surface area contributed by atoms with Gasteiger partial charge in [-0.3, -0.25) is 4.79 Å². The molecular formula is C25H23N7O2. The molecule has 0 fully saturated rings. The second-order valence-corrected chi connectivity index (χ2v) is 7.93. The first kappa shape index (κ1) is 21.2. The van der Waals surface area contributed by atoms with Crippen molar-refractivity contribution >= 4 is 34.3 Å². The zero-order valence-electron chi connectivity index (χ0n) is 18.5. The van der Waals surface area contributed by atoms with E-state index in [1.165, 1.54) is 0 Å². The first-order valence-electron chi connectivity index (χ1n) is 10.8. The van der Waals surface area contributed by atoms with Crippen LogP contribution in [0.2, 0.25) is 0 Å². The smallest absolute Gasteiger partial charge is 0.255 e. The predicted octanol–water partition coefficient (Wildman–Crippen LogP) is 4.05. The van der Waals surface area contributed by atoms with Crippen LogP contribution in [-0.2, 0) is 13.0 Å². The summed E-state index contributed by atoms with van der Waals surface area (Å²) in [5, 5.41) is 8.09. The monoisotopic (exact) mass is 453 g/mol. The number of nitrogens with one attached hydrogen (secondary N) is 1. The summed E-state index contributed by atoms with van der Waals surface area (Å²) in [6, 6.07) is 18.3. The second-order valence-electron chi connectivity index (χ2n) is 7.93. The Labute approximate surface area is 195 Å². The number of carbonyl (C=O) groups is 1. The molecule has 9 heteroatoms.